The van der Waals surface area contributed by atoms with Crippen molar-refractivity contribution in [1.29, 1.82) is 0 Å². The average Bonchev–Trinajstić information content (AvgIpc) is 3.02. The van der Waals surface area contributed by atoms with Crippen molar-refractivity contribution in [2.45, 2.75) is 200 Å². The molecule has 0 amide bonds. The number of ether oxygens (including phenoxy) is 2. The van der Waals surface area contributed by atoms with Gasteiger partial charge in [0.05, 0.1) is 12.7 Å². The number of unbranched alkanes of at least 4 members (excludes halogenated alkanes) is 16. The van der Waals surface area contributed by atoms with E-state index >= 15 is 0 Å². The molecule has 0 aliphatic heterocycles. The second kappa shape index (κ2) is 36.3. The van der Waals surface area contributed by atoms with Crippen LogP contribution in [0.3, 0.4) is 0 Å². The molecule has 3 atom stereocenters. The summed E-state index contributed by atoms with van der Waals surface area (Å²) in [5.74, 6) is 0. The van der Waals surface area contributed by atoms with Crippen molar-refractivity contribution in [2.24, 2.45) is 0 Å². The Labute approximate surface area is 274 Å². The molecule has 0 aromatic rings. The second-order valence-corrected chi connectivity index (χ2v) is 12.4. The highest BCUT2D eigenvalue weighted by atomic mass is 16.6. The van der Waals surface area contributed by atoms with E-state index in [0.717, 1.165) is 57.8 Å². The van der Waals surface area contributed by atoms with Crippen LogP contribution >= 0.6 is 0 Å². The van der Waals surface area contributed by atoms with Crippen LogP contribution in [0, 0.1) is 0 Å². The molecule has 258 valence electrons. The van der Waals surface area contributed by atoms with E-state index in [1.165, 1.54) is 89.9 Å². The number of aliphatic hydroxyl groups is 2. The van der Waals surface area contributed by atoms with Gasteiger partial charge in [-0.1, -0.05) is 140 Å². The van der Waals surface area contributed by atoms with Crippen LogP contribution in [-0.2, 0) is 9.47 Å². The quantitative estimate of drug-likeness (QED) is 0.0428. The fourth-order valence-electron chi connectivity index (χ4n) is 5.17. The summed E-state index contributed by atoms with van der Waals surface area (Å²) in [7, 11) is 0. The van der Waals surface area contributed by atoms with Gasteiger partial charge in [-0.2, -0.15) is 0 Å². The van der Waals surface area contributed by atoms with Gasteiger partial charge in [0.15, 0.2) is 12.6 Å². The van der Waals surface area contributed by atoms with Crippen LogP contribution in [0.2, 0.25) is 0 Å². The van der Waals surface area contributed by atoms with Gasteiger partial charge < -0.3 is 19.7 Å². The highest BCUT2D eigenvalue weighted by Crippen LogP contribution is 2.14. The van der Waals surface area contributed by atoms with Gasteiger partial charge in [-0.25, -0.2) is 0 Å². The molecule has 0 radical (unpaired) electrons. The third-order valence-electron chi connectivity index (χ3n) is 8.09. The molecule has 4 nitrogen and oxygen atoms in total. The number of hydrogen-bond acceptors (Lipinski definition) is 4. The van der Waals surface area contributed by atoms with Gasteiger partial charge in [0.25, 0.3) is 0 Å². The molecule has 0 aliphatic carbocycles. The molecule has 0 bridgehead atoms. The lowest BCUT2D eigenvalue weighted by Gasteiger charge is -2.22. The number of hydrogen-bond donors (Lipinski definition) is 2. The Kier molecular flexibility index (Phi) is 35.3. The Hall–Kier alpha value is -1.20. The molecule has 44 heavy (non-hydrogen) atoms. The summed E-state index contributed by atoms with van der Waals surface area (Å²) in [6.07, 6.45) is 45.2. The van der Waals surface area contributed by atoms with Crippen molar-refractivity contribution in [3.63, 3.8) is 0 Å². The predicted molar refractivity (Wildman–Crippen MR) is 192 cm³/mol. The first kappa shape index (κ1) is 42.8. The number of aliphatic hydroxyl groups excluding tert-OH is 2. The Bertz CT molecular complexity index is 668. The summed E-state index contributed by atoms with van der Waals surface area (Å²) in [5, 5.41) is 20.5. The van der Waals surface area contributed by atoms with Crippen molar-refractivity contribution >= 4 is 0 Å². The standard InChI is InChI=1S/C40H74O4/c1-4-7-9-11-13-15-17-19-21-23-25-27-29-31-33-35-39(41)43-37-38(6-3)44-40(42)36-34-32-30-28-26-24-22-20-18-16-14-12-10-8-5-2/h8,10,14,16,19-22,38-42H,4-7,9,11-13,15,17-18,23-37H2,1-3H3. The first-order valence-electron chi connectivity index (χ1n) is 18.9. The maximum atomic E-state index is 10.3. The zero-order valence-electron chi connectivity index (χ0n) is 29.4. The minimum Gasteiger partial charge on any atom is -0.368 e. The Morgan fingerprint density at radius 3 is 1.43 bits per heavy atom. The monoisotopic (exact) mass is 619 g/mol. The van der Waals surface area contributed by atoms with E-state index in [2.05, 4.69) is 62.5 Å². The maximum Gasteiger partial charge on any atom is 0.155 e. The fraction of sp³-hybridized carbons (Fsp3) is 0.800. The third kappa shape index (κ3) is 33.7. The molecule has 0 aliphatic rings. The highest BCUT2D eigenvalue weighted by molar-refractivity contribution is 4.97. The van der Waals surface area contributed by atoms with E-state index < -0.39 is 12.6 Å². The molecule has 4 heteroatoms. The molecule has 3 unspecified atom stereocenters. The molecule has 0 aromatic heterocycles. The predicted octanol–water partition coefficient (Wildman–Crippen LogP) is 12.1. The van der Waals surface area contributed by atoms with E-state index in [4.69, 9.17) is 9.47 Å². The summed E-state index contributed by atoms with van der Waals surface area (Å²) in [6, 6.07) is 0. The van der Waals surface area contributed by atoms with Crippen molar-refractivity contribution in [2.75, 3.05) is 6.61 Å². The van der Waals surface area contributed by atoms with Gasteiger partial charge in [0.1, 0.15) is 0 Å². The Morgan fingerprint density at radius 1 is 0.477 bits per heavy atom. The van der Waals surface area contributed by atoms with Gasteiger partial charge in [-0.15, -0.1) is 0 Å². The molecule has 0 heterocycles. The fourth-order valence-corrected chi connectivity index (χ4v) is 5.17. The smallest absolute Gasteiger partial charge is 0.155 e. The van der Waals surface area contributed by atoms with Crippen molar-refractivity contribution < 1.29 is 19.7 Å². The van der Waals surface area contributed by atoms with E-state index in [1.54, 1.807) is 0 Å². The van der Waals surface area contributed by atoms with Gasteiger partial charge in [-0.05, 0) is 89.9 Å². The third-order valence-corrected chi connectivity index (χ3v) is 8.09. The Morgan fingerprint density at radius 2 is 0.909 bits per heavy atom. The van der Waals surface area contributed by atoms with Gasteiger partial charge >= 0.3 is 0 Å². The second-order valence-electron chi connectivity index (χ2n) is 12.4. The average molecular weight is 619 g/mol. The van der Waals surface area contributed by atoms with Gasteiger partial charge in [0.2, 0.25) is 0 Å². The van der Waals surface area contributed by atoms with E-state index in [0.29, 0.717) is 19.4 Å². The first-order valence-corrected chi connectivity index (χ1v) is 18.9. The number of rotatable bonds is 34. The lowest BCUT2D eigenvalue weighted by Crippen LogP contribution is -2.28. The zero-order chi connectivity index (χ0) is 32.2. The SMILES string of the molecule is CCC=CCC=CCC=CCCCCCCCC(O)OC(CC)COC(O)CCCCCCCC=CCCCCCCCC. The lowest BCUT2D eigenvalue weighted by atomic mass is 10.1. The molecule has 2 N–H and O–H groups in total. The van der Waals surface area contributed by atoms with Crippen LogP contribution < -0.4 is 0 Å². The highest BCUT2D eigenvalue weighted by Gasteiger charge is 2.15. The van der Waals surface area contributed by atoms with Crippen LogP contribution in [0.1, 0.15) is 181 Å². The summed E-state index contributed by atoms with van der Waals surface area (Å²) >= 11 is 0. The minimum absolute atomic E-state index is 0.178. The molecule has 0 aromatic carbocycles. The first-order chi connectivity index (χ1) is 21.6. The molecule has 0 rings (SSSR count). The number of allylic oxidation sites excluding steroid dienone is 8. The molecule has 0 fully saturated rings. The van der Waals surface area contributed by atoms with Crippen molar-refractivity contribution in [1.82, 2.24) is 0 Å². The van der Waals surface area contributed by atoms with Crippen LogP contribution in [0.25, 0.3) is 0 Å². The van der Waals surface area contributed by atoms with Crippen LogP contribution in [0.15, 0.2) is 48.6 Å². The molecule has 0 saturated heterocycles. The van der Waals surface area contributed by atoms with E-state index in [9.17, 15) is 10.2 Å². The van der Waals surface area contributed by atoms with Gasteiger partial charge in [0, 0.05) is 0 Å². The maximum absolute atomic E-state index is 10.3. The topological polar surface area (TPSA) is 58.9 Å². The minimum atomic E-state index is -0.750. The molecule has 0 spiro atoms. The van der Waals surface area contributed by atoms with E-state index in [-0.39, 0.29) is 6.10 Å². The molecular weight excluding hydrogens is 544 g/mol. The van der Waals surface area contributed by atoms with Crippen LogP contribution in [-0.4, -0.2) is 35.5 Å². The van der Waals surface area contributed by atoms with Crippen LogP contribution in [0.4, 0.5) is 0 Å². The Balaban J connectivity index is 3.61. The van der Waals surface area contributed by atoms with E-state index in [1.807, 2.05) is 6.92 Å². The summed E-state index contributed by atoms with van der Waals surface area (Å²) < 4.78 is 11.4. The molecular formula is C40H74O4. The summed E-state index contributed by atoms with van der Waals surface area (Å²) in [6.45, 7) is 6.80. The van der Waals surface area contributed by atoms with Crippen molar-refractivity contribution in [3.05, 3.63) is 48.6 Å². The van der Waals surface area contributed by atoms with Gasteiger partial charge in [-0.3, -0.25) is 0 Å². The largest absolute Gasteiger partial charge is 0.368 e. The zero-order valence-corrected chi connectivity index (χ0v) is 29.4. The lowest BCUT2D eigenvalue weighted by molar-refractivity contribution is -0.184. The summed E-state index contributed by atoms with van der Waals surface area (Å²) in [5.41, 5.74) is 0. The normalized spacial score (nSPS) is 14.6. The molecule has 0 saturated carbocycles. The van der Waals surface area contributed by atoms with Crippen molar-refractivity contribution in [3.8, 4) is 0 Å². The van der Waals surface area contributed by atoms with Crippen LogP contribution in [0.5, 0.6) is 0 Å². The summed E-state index contributed by atoms with van der Waals surface area (Å²) in [4.78, 5) is 0.